The first-order chi connectivity index (χ1) is 8.75. The van der Waals surface area contributed by atoms with Gasteiger partial charge in [-0.25, -0.2) is 0 Å². The molecule has 0 spiro atoms. The summed E-state index contributed by atoms with van der Waals surface area (Å²) in [7, 11) is 0. The Morgan fingerprint density at radius 3 is 2.50 bits per heavy atom. The van der Waals surface area contributed by atoms with Crippen LogP contribution in [0.4, 0.5) is 5.69 Å². The monoisotopic (exact) mass is 247 g/mol. The number of hydrogen-bond acceptors (Lipinski definition) is 3. The summed E-state index contributed by atoms with van der Waals surface area (Å²) in [6.07, 6.45) is 6.35. The van der Waals surface area contributed by atoms with Crippen molar-refractivity contribution in [2.75, 3.05) is 12.3 Å². The van der Waals surface area contributed by atoms with E-state index in [1.165, 1.54) is 6.42 Å². The first-order valence-corrected chi connectivity index (χ1v) is 6.77. The van der Waals surface area contributed by atoms with Crippen LogP contribution in [0.25, 0.3) is 0 Å². The van der Waals surface area contributed by atoms with Crippen molar-refractivity contribution in [2.24, 2.45) is 5.92 Å². The van der Waals surface area contributed by atoms with Crippen LogP contribution in [-0.4, -0.2) is 12.6 Å². The summed E-state index contributed by atoms with van der Waals surface area (Å²) >= 11 is 0. The van der Waals surface area contributed by atoms with Gasteiger partial charge in [0.2, 0.25) is 0 Å². The fourth-order valence-electron chi connectivity index (χ4n) is 2.41. The number of nitrogen functional groups attached to an aromatic ring is 1. The molecule has 0 bridgehead atoms. The molecule has 1 aliphatic carbocycles. The van der Waals surface area contributed by atoms with Crippen molar-refractivity contribution >= 4 is 11.7 Å². The van der Waals surface area contributed by atoms with Crippen molar-refractivity contribution < 1.29 is 9.53 Å². The van der Waals surface area contributed by atoms with Gasteiger partial charge < -0.3 is 10.5 Å². The molecule has 1 saturated carbocycles. The maximum atomic E-state index is 11.8. The minimum atomic E-state index is -0.00912. The smallest absolute Gasteiger partial charge is 0.308 e. The van der Waals surface area contributed by atoms with Crippen molar-refractivity contribution in [3.8, 4) is 0 Å². The highest BCUT2D eigenvalue weighted by atomic mass is 16.5. The topological polar surface area (TPSA) is 52.3 Å². The Morgan fingerprint density at radius 1 is 1.17 bits per heavy atom. The summed E-state index contributed by atoms with van der Waals surface area (Å²) in [6, 6.07) is 7.70. The number of carbonyl (C=O) groups excluding carboxylic acids is 1. The molecule has 0 unspecified atom stereocenters. The minimum absolute atomic E-state index is 0.00912. The van der Waals surface area contributed by atoms with E-state index in [4.69, 9.17) is 10.5 Å². The zero-order valence-electron chi connectivity index (χ0n) is 10.7. The number of nitrogens with two attached hydrogens (primary N) is 1. The van der Waals surface area contributed by atoms with E-state index in [1.807, 2.05) is 24.3 Å². The third kappa shape index (κ3) is 3.76. The Hall–Kier alpha value is -1.51. The first kappa shape index (κ1) is 12.9. The lowest BCUT2D eigenvalue weighted by molar-refractivity contribution is -0.149. The van der Waals surface area contributed by atoms with Crippen LogP contribution in [0.2, 0.25) is 0 Å². The van der Waals surface area contributed by atoms with Gasteiger partial charge in [-0.2, -0.15) is 0 Å². The molecule has 0 saturated heterocycles. The Bertz CT molecular complexity index is 380. The van der Waals surface area contributed by atoms with Gasteiger partial charge in [0.05, 0.1) is 12.5 Å². The molecule has 0 heterocycles. The van der Waals surface area contributed by atoms with Crippen LogP contribution in [0.1, 0.15) is 37.7 Å². The second-order valence-corrected chi connectivity index (χ2v) is 4.99. The zero-order chi connectivity index (χ0) is 12.8. The average Bonchev–Trinajstić information content (AvgIpc) is 2.42. The summed E-state index contributed by atoms with van der Waals surface area (Å²) in [5.74, 6) is 0.135. The van der Waals surface area contributed by atoms with Gasteiger partial charge in [-0.1, -0.05) is 31.4 Å². The van der Waals surface area contributed by atoms with Crippen molar-refractivity contribution in [1.29, 1.82) is 0 Å². The van der Waals surface area contributed by atoms with Crippen molar-refractivity contribution in [3.05, 3.63) is 29.8 Å². The largest absolute Gasteiger partial charge is 0.465 e. The molecule has 0 radical (unpaired) electrons. The number of esters is 1. The maximum Gasteiger partial charge on any atom is 0.308 e. The maximum absolute atomic E-state index is 11.8. The van der Waals surface area contributed by atoms with Gasteiger partial charge in [0.1, 0.15) is 0 Å². The van der Waals surface area contributed by atoms with Crippen LogP contribution >= 0.6 is 0 Å². The van der Waals surface area contributed by atoms with Crippen LogP contribution in [-0.2, 0) is 16.0 Å². The van der Waals surface area contributed by atoms with Crippen molar-refractivity contribution in [2.45, 2.75) is 38.5 Å². The Labute approximate surface area is 108 Å². The standard InChI is InChI=1S/C15H21NO2/c16-14-8-6-12(7-9-14)10-11-18-15(17)13-4-2-1-3-5-13/h6-9,13H,1-5,10-11,16H2. The second-order valence-electron chi connectivity index (χ2n) is 4.99. The predicted octanol–water partition coefficient (Wildman–Crippen LogP) is 2.93. The van der Waals surface area contributed by atoms with E-state index in [9.17, 15) is 4.79 Å². The molecule has 0 aliphatic heterocycles. The Morgan fingerprint density at radius 2 is 1.83 bits per heavy atom. The number of rotatable bonds is 4. The molecular formula is C15H21NO2. The van der Waals surface area contributed by atoms with E-state index in [1.54, 1.807) is 0 Å². The molecule has 0 atom stereocenters. The Kier molecular flexibility index (Phi) is 4.62. The molecule has 1 fully saturated rings. The van der Waals surface area contributed by atoms with E-state index < -0.39 is 0 Å². The quantitative estimate of drug-likeness (QED) is 0.657. The second kappa shape index (κ2) is 6.43. The summed E-state index contributed by atoms with van der Waals surface area (Å²) in [5.41, 5.74) is 7.53. The minimum Gasteiger partial charge on any atom is -0.465 e. The van der Waals surface area contributed by atoms with E-state index in [0.717, 1.165) is 43.4 Å². The van der Waals surface area contributed by atoms with Crippen LogP contribution in [0.15, 0.2) is 24.3 Å². The fraction of sp³-hybridized carbons (Fsp3) is 0.533. The van der Waals surface area contributed by atoms with E-state index >= 15 is 0 Å². The lowest BCUT2D eigenvalue weighted by Crippen LogP contribution is -2.21. The van der Waals surface area contributed by atoms with Crippen LogP contribution in [0.3, 0.4) is 0 Å². The predicted molar refractivity (Wildman–Crippen MR) is 72.1 cm³/mol. The van der Waals surface area contributed by atoms with E-state index in [-0.39, 0.29) is 11.9 Å². The molecule has 0 aromatic heterocycles. The van der Waals surface area contributed by atoms with Gasteiger partial charge in [-0.05, 0) is 30.5 Å². The van der Waals surface area contributed by atoms with Gasteiger partial charge >= 0.3 is 5.97 Å². The molecule has 18 heavy (non-hydrogen) atoms. The molecule has 1 aromatic rings. The van der Waals surface area contributed by atoms with Crippen LogP contribution < -0.4 is 5.73 Å². The van der Waals surface area contributed by atoms with Gasteiger partial charge in [0.15, 0.2) is 0 Å². The number of benzene rings is 1. The molecular weight excluding hydrogens is 226 g/mol. The lowest BCUT2D eigenvalue weighted by atomic mass is 9.89. The molecule has 2 rings (SSSR count). The molecule has 2 N–H and O–H groups in total. The summed E-state index contributed by atoms with van der Waals surface area (Å²) in [5, 5.41) is 0. The lowest BCUT2D eigenvalue weighted by Gasteiger charge is -2.19. The van der Waals surface area contributed by atoms with Gasteiger partial charge in [-0.15, -0.1) is 0 Å². The molecule has 98 valence electrons. The third-order valence-electron chi connectivity index (χ3n) is 3.55. The highest BCUT2D eigenvalue weighted by Gasteiger charge is 2.22. The van der Waals surface area contributed by atoms with Crippen LogP contribution in [0.5, 0.6) is 0 Å². The molecule has 3 heteroatoms. The first-order valence-electron chi connectivity index (χ1n) is 6.77. The molecule has 1 aliphatic rings. The van der Waals surface area contributed by atoms with E-state index in [2.05, 4.69) is 0 Å². The number of hydrogen-bond donors (Lipinski definition) is 1. The molecule has 1 aromatic carbocycles. The highest BCUT2D eigenvalue weighted by Crippen LogP contribution is 2.24. The number of anilines is 1. The van der Waals surface area contributed by atoms with Gasteiger partial charge in [-0.3, -0.25) is 4.79 Å². The third-order valence-corrected chi connectivity index (χ3v) is 3.55. The molecule has 0 amide bonds. The SMILES string of the molecule is Nc1ccc(CCOC(=O)C2CCCCC2)cc1. The summed E-state index contributed by atoms with van der Waals surface area (Å²) < 4.78 is 5.35. The Balaban J connectivity index is 1.71. The van der Waals surface area contributed by atoms with E-state index in [0.29, 0.717) is 6.61 Å². The van der Waals surface area contributed by atoms with Crippen LogP contribution in [0, 0.1) is 5.92 Å². The summed E-state index contributed by atoms with van der Waals surface area (Å²) in [6.45, 7) is 0.471. The fourth-order valence-corrected chi connectivity index (χ4v) is 2.41. The highest BCUT2D eigenvalue weighted by molar-refractivity contribution is 5.72. The van der Waals surface area contributed by atoms with Gasteiger partial charge in [0.25, 0.3) is 0 Å². The molecule has 3 nitrogen and oxygen atoms in total. The normalized spacial score (nSPS) is 16.4. The van der Waals surface area contributed by atoms with Crippen molar-refractivity contribution in [3.63, 3.8) is 0 Å². The zero-order valence-corrected chi connectivity index (χ0v) is 10.7. The number of carbonyl (C=O) groups is 1. The average molecular weight is 247 g/mol. The number of ether oxygens (including phenoxy) is 1. The summed E-state index contributed by atoms with van der Waals surface area (Å²) in [4.78, 5) is 11.8. The van der Waals surface area contributed by atoms with Gasteiger partial charge in [0, 0.05) is 12.1 Å². The van der Waals surface area contributed by atoms with Crippen molar-refractivity contribution in [1.82, 2.24) is 0 Å².